The molecule has 2 aromatic carbocycles. The molecule has 1 unspecified atom stereocenters. The van der Waals surface area contributed by atoms with Crippen LogP contribution < -0.4 is 5.32 Å². The van der Waals surface area contributed by atoms with Crippen LogP contribution in [-0.4, -0.2) is 33.7 Å². The van der Waals surface area contributed by atoms with Crippen LogP contribution in [0.25, 0.3) is 5.69 Å². The summed E-state index contributed by atoms with van der Waals surface area (Å²) in [5.74, 6) is 0.0140. The molecule has 0 aliphatic heterocycles. The maximum absolute atomic E-state index is 13.1. The molecule has 0 aliphatic rings. The molecule has 0 fully saturated rings. The van der Waals surface area contributed by atoms with Crippen molar-refractivity contribution in [3.05, 3.63) is 84.2 Å². The number of likely N-dealkylation sites (N-methyl/N-ethyl adjacent to an activating group) is 1. The number of amides is 1. The van der Waals surface area contributed by atoms with E-state index in [-0.39, 0.29) is 11.9 Å². The number of hydrogen-bond acceptors (Lipinski definition) is 3. The number of nitrogens with zero attached hydrogens (tertiary/aromatic N) is 3. The fraction of sp³-hybridized carbons (Fsp3) is 0.273. The summed E-state index contributed by atoms with van der Waals surface area (Å²) in [5.41, 5.74) is 3.02. The number of para-hydroxylation sites is 1. The lowest BCUT2D eigenvalue weighted by atomic mass is 10.0. The van der Waals surface area contributed by atoms with Gasteiger partial charge in [0.1, 0.15) is 6.04 Å². The van der Waals surface area contributed by atoms with Gasteiger partial charge in [-0.15, -0.1) is 0 Å². The van der Waals surface area contributed by atoms with Crippen LogP contribution in [0.15, 0.2) is 73.1 Å². The first-order valence-electron chi connectivity index (χ1n) is 9.39. The molecule has 0 radical (unpaired) electrons. The van der Waals surface area contributed by atoms with Crippen molar-refractivity contribution >= 4 is 5.91 Å². The zero-order valence-corrected chi connectivity index (χ0v) is 15.9. The minimum absolute atomic E-state index is 0.0140. The predicted octanol–water partition coefficient (Wildman–Crippen LogP) is 3.57. The molecule has 3 rings (SSSR count). The highest BCUT2D eigenvalue weighted by Crippen LogP contribution is 2.21. The second-order valence-electron chi connectivity index (χ2n) is 6.33. The van der Waals surface area contributed by atoms with Crippen LogP contribution in [0.1, 0.15) is 31.0 Å². The van der Waals surface area contributed by atoms with Crippen LogP contribution in [0.3, 0.4) is 0 Å². The van der Waals surface area contributed by atoms with Gasteiger partial charge in [-0.2, -0.15) is 5.10 Å². The van der Waals surface area contributed by atoms with Crippen molar-refractivity contribution in [2.45, 2.75) is 26.4 Å². The Bertz CT molecular complexity index is 842. The minimum atomic E-state index is -0.293. The number of carbonyl (C=O) groups excluding carboxylic acids is 1. The summed E-state index contributed by atoms with van der Waals surface area (Å²) < 4.78 is 1.82. The number of carbonyl (C=O) groups is 1. The van der Waals surface area contributed by atoms with E-state index < -0.39 is 0 Å². The lowest BCUT2D eigenvalue weighted by Crippen LogP contribution is -2.40. The van der Waals surface area contributed by atoms with Gasteiger partial charge in [0, 0.05) is 18.9 Å². The van der Waals surface area contributed by atoms with Gasteiger partial charge in [-0.3, -0.25) is 9.69 Å². The van der Waals surface area contributed by atoms with Crippen LogP contribution >= 0.6 is 0 Å². The molecule has 140 valence electrons. The fourth-order valence-corrected chi connectivity index (χ4v) is 3.33. The van der Waals surface area contributed by atoms with Crippen molar-refractivity contribution in [1.29, 1.82) is 0 Å². The summed E-state index contributed by atoms with van der Waals surface area (Å²) in [7, 11) is 0. The van der Waals surface area contributed by atoms with Gasteiger partial charge < -0.3 is 5.32 Å². The Kier molecular flexibility index (Phi) is 6.39. The maximum Gasteiger partial charge on any atom is 0.242 e. The van der Waals surface area contributed by atoms with Gasteiger partial charge in [0.15, 0.2) is 0 Å². The molecule has 0 bridgehead atoms. The molecule has 1 aromatic heterocycles. The molecule has 5 heteroatoms. The standard InChI is InChI=1S/C22H26N4O/c1-3-25(4-2)21(18-11-6-5-7-12-18)22(27)23-17-19-13-8-9-14-20(19)26-16-10-15-24-26/h5-16,21H,3-4,17H2,1-2H3,(H,23,27). The molecule has 3 aromatic rings. The van der Waals surface area contributed by atoms with Gasteiger partial charge in [-0.25, -0.2) is 4.68 Å². The van der Waals surface area contributed by atoms with Crippen molar-refractivity contribution in [3.8, 4) is 5.69 Å². The van der Waals surface area contributed by atoms with Gasteiger partial charge in [0.2, 0.25) is 5.91 Å². The van der Waals surface area contributed by atoms with Crippen LogP contribution in [-0.2, 0) is 11.3 Å². The molecule has 1 atom stereocenters. The number of nitrogens with one attached hydrogen (secondary N) is 1. The van der Waals surface area contributed by atoms with E-state index in [1.54, 1.807) is 6.20 Å². The molecule has 0 saturated carbocycles. The smallest absolute Gasteiger partial charge is 0.242 e. The molecular weight excluding hydrogens is 336 g/mol. The first-order valence-corrected chi connectivity index (χ1v) is 9.39. The first-order chi connectivity index (χ1) is 13.2. The van der Waals surface area contributed by atoms with E-state index in [0.717, 1.165) is 29.9 Å². The Morgan fingerprint density at radius 1 is 1.04 bits per heavy atom. The molecule has 1 amide bonds. The van der Waals surface area contributed by atoms with E-state index in [4.69, 9.17) is 0 Å². The van der Waals surface area contributed by atoms with E-state index >= 15 is 0 Å². The third-order valence-electron chi connectivity index (χ3n) is 4.74. The maximum atomic E-state index is 13.1. The van der Waals surface area contributed by atoms with Crippen molar-refractivity contribution in [2.24, 2.45) is 0 Å². The third kappa shape index (κ3) is 4.44. The highest BCUT2D eigenvalue weighted by molar-refractivity contribution is 5.83. The zero-order valence-electron chi connectivity index (χ0n) is 15.9. The molecule has 27 heavy (non-hydrogen) atoms. The van der Waals surface area contributed by atoms with Crippen LogP contribution in [0, 0.1) is 0 Å². The summed E-state index contributed by atoms with van der Waals surface area (Å²) in [6.07, 6.45) is 3.66. The molecule has 5 nitrogen and oxygen atoms in total. The quantitative estimate of drug-likeness (QED) is 0.666. The molecule has 1 N–H and O–H groups in total. The van der Waals surface area contributed by atoms with E-state index in [1.165, 1.54) is 0 Å². The normalized spacial score (nSPS) is 12.1. The van der Waals surface area contributed by atoms with Gasteiger partial charge in [-0.05, 0) is 36.3 Å². The molecule has 0 aliphatic carbocycles. The van der Waals surface area contributed by atoms with Gasteiger partial charge in [0.25, 0.3) is 0 Å². The van der Waals surface area contributed by atoms with Gasteiger partial charge >= 0.3 is 0 Å². The second kappa shape index (κ2) is 9.14. The van der Waals surface area contributed by atoms with E-state index in [2.05, 4.69) is 29.2 Å². The summed E-state index contributed by atoms with van der Waals surface area (Å²) in [5, 5.41) is 7.43. The summed E-state index contributed by atoms with van der Waals surface area (Å²) in [6, 6.07) is 19.5. The molecule has 0 spiro atoms. The second-order valence-corrected chi connectivity index (χ2v) is 6.33. The first kappa shape index (κ1) is 18.9. The number of rotatable bonds is 8. The Labute approximate surface area is 160 Å². The molecule has 1 heterocycles. The van der Waals surface area contributed by atoms with Crippen molar-refractivity contribution in [3.63, 3.8) is 0 Å². The molecule has 0 saturated heterocycles. The Morgan fingerprint density at radius 2 is 1.74 bits per heavy atom. The fourth-order valence-electron chi connectivity index (χ4n) is 3.33. The lowest BCUT2D eigenvalue weighted by molar-refractivity contribution is -0.126. The van der Waals surface area contributed by atoms with Crippen LogP contribution in [0.2, 0.25) is 0 Å². The zero-order chi connectivity index (χ0) is 19.1. The summed E-state index contributed by atoms with van der Waals surface area (Å²) in [6.45, 7) is 6.25. The summed E-state index contributed by atoms with van der Waals surface area (Å²) in [4.78, 5) is 15.3. The van der Waals surface area contributed by atoms with Crippen LogP contribution in [0.5, 0.6) is 0 Å². The Hall–Kier alpha value is -2.92. The van der Waals surface area contributed by atoms with E-state index in [1.807, 2.05) is 71.5 Å². The Balaban J connectivity index is 1.79. The summed E-state index contributed by atoms with van der Waals surface area (Å²) >= 11 is 0. The van der Waals surface area contributed by atoms with Gasteiger partial charge in [-0.1, -0.05) is 62.4 Å². The van der Waals surface area contributed by atoms with Crippen LogP contribution in [0.4, 0.5) is 0 Å². The largest absolute Gasteiger partial charge is 0.350 e. The third-order valence-corrected chi connectivity index (χ3v) is 4.74. The minimum Gasteiger partial charge on any atom is -0.350 e. The average molecular weight is 362 g/mol. The average Bonchev–Trinajstić information content (AvgIpc) is 3.25. The molecular formula is C22H26N4O. The SMILES string of the molecule is CCN(CC)C(C(=O)NCc1ccccc1-n1cccn1)c1ccccc1. The highest BCUT2D eigenvalue weighted by atomic mass is 16.2. The van der Waals surface area contributed by atoms with Gasteiger partial charge in [0.05, 0.1) is 5.69 Å². The number of hydrogen-bond donors (Lipinski definition) is 1. The lowest BCUT2D eigenvalue weighted by Gasteiger charge is -2.29. The van der Waals surface area contributed by atoms with Crippen molar-refractivity contribution < 1.29 is 4.79 Å². The van der Waals surface area contributed by atoms with E-state index in [0.29, 0.717) is 6.54 Å². The number of aromatic nitrogens is 2. The topological polar surface area (TPSA) is 50.2 Å². The van der Waals surface area contributed by atoms with Crippen molar-refractivity contribution in [2.75, 3.05) is 13.1 Å². The Morgan fingerprint density at radius 3 is 2.41 bits per heavy atom. The highest BCUT2D eigenvalue weighted by Gasteiger charge is 2.25. The van der Waals surface area contributed by atoms with Crippen molar-refractivity contribution in [1.82, 2.24) is 20.0 Å². The van der Waals surface area contributed by atoms with E-state index in [9.17, 15) is 4.79 Å². The number of benzene rings is 2. The predicted molar refractivity (Wildman–Crippen MR) is 108 cm³/mol. The monoisotopic (exact) mass is 362 g/mol.